The van der Waals surface area contributed by atoms with Gasteiger partial charge in [0.15, 0.2) is 0 Å². The fraction of sp³-hybridized carbons (Fsp3) is 0.235. The van der Waals surface area contributed by atoms with E-state index < -0.39 is 0 Å². The number of benzene rings is 1. The minimum absolute atomic E-state index is 0.180. The maximum atomic E-state index is 13.3. The van der Waals surface area contributed by atoms with Crippen molar-refractivity contribution < 1.29 is 4.39 Å². The highest BCUT2D eigenvalue weighted by Gasteiger charge is 2.09. The second-order valence-electron chi connectivity index (χ2n) is 5.46. The van der Waals surface area contributed by atoms with Gasteiger partial charge in [-0.2, -0.15) is 0 Å². The molecule has 0 saturated carbocycles. The Balaban J connectivity index is 1.74. The molecule has 0 aliphatic carbocycles. The maximum Gasteiger partial charge on any atom is 0.126 e. The van der Waals surface area contributed by atoms with E-state index >= 15 is 0 Å². The molecule has 4 heteroatoms. The minimum atomic E-state index is -0.180. The van der Waals surface area contributed by atoms with E-state index in [0.717, 1.165) is 30.0 Å². The Morgan fingerprint density at radius 1 is 1.19 bits per heavy atom. The third-order valence-electron chi connectivity index (χ3n) is 3.60. The van der Waals surface area contributed by atoms with E-state index in [0.29, 0.717) is 5.56 Å². The van der Waals surface area contributed by atoms with Crippen LogP contribution in [0.4, 0.5) is 4.39 Å². The molecule has 0 amide bonds. The molecule has 0 spiro atoms. The van der Waals surface area contributed by atoms with Crippen LogP contribution in [-0.4, -0.2) is 28.5 Å². The quantitative estimate of drug-likeness (QED) is 0.861. The number of aryl methyl sites for hydroxylation is 1. The van der Waals surface area contributed by atoms with Crippen molar-refractivity contribution in [2.24, 2.45) is 0 Å². The van der Waals surface area contributed by atoms with Gasteiger partial charge in [-0.15, -0.1) is 0 Å². The first-order valence-corrected chi connectivity index (χ1v) is 6.96. The summed E-state index contributed by atoms with van der Waals surface area (Å²) in [5.74, 6) is -0.180. The van der Waals surface area contributed by atoms with Crippen LogP contribution < -0.4 is 0 Å². The predicted molar refractivity (Wildman–Crippen MR) is 81.7 cm³/mol. The van der Waals surface area contributed by atoms with Crippen molar-refractivity contribution in [3.05, 3.63) is 65.9 Å². The summed E-state index contributed by atoms with van der Waals surface area (Å²) in [7, 11) is 2.05. The number of halogens is 1. The van der Waals surface area contributed by atoms with Crippen molar-refractivity contribution in [3.63, 3.8) is 0 Å². The molecular weight excluding hydrogens is 265 g/mol. The molecular formula is C17H18FN3. The van der Waals surface area contributed by atoms with Crippen LogP contribution in [0.1, 0.15) is 11.1 Å². The van der Waals surface area contributed by atoms with E-state index in [9.17, 15) is 4.39 Å². The van der Waals surface area contributed by atoms with E-state index in [2.05, 4.69) is 40.3 Å². The van der Waals surface area contributed by atoms with Crippen molar-refractivity contribution >= 4 is 0 Å². The van der Waals surface area contributed by atoms with Crippen molar-refractivity contribution in [1.29, 1.82) is 0 Å². The lowest BCUT2D eigenvalue weighted by Gasteiger charge is -2.18. The van der Waals surface area contributed by atoms with E-state index in [4.69, 9.17) is 0 Å². The molecule has 0 bridgehead atoms. The maximum absolute atomic E-state index is 13.3. The summed E-state index contributed by atoms with van der Waals surface area (Å²) in [5, 5.41) is 0. The highest BCUT2D eigenvalue weighted by atomic mass is 19.1. The number of pyridine rings is 1. The van der Waals surface area contributed by atoms with Gasteiger partial charge in [-0.05, 0) is 42.3 Å². The minimum Gasteiger partial charge on any atom is -0.362 e. The standard InChI is InChI=1S/C17H18FN3/c1-13-9-15(4-5-16(13)18)17-6-3-14(10-19-17)11-21-8-7-20(2)12-21/h3-10H,11-12H2,1-2H3. The van der Waals surface area contributed by atoms with Gasteiger partial charge in [0, 0.05) is 37.8 Å². The van der Waals surface area contributed by atoms with Gasteiger partial charge in [0.25, 0.3) is 0 Å². The van der Waals surface area contributed by atoms with Gasteiger partial charge >= 0.3 is 0 Å². The lowest BCUT2D eigenvalue weighted by atomic mass is 10.1. The smallest absolute Gasteiger partial charge is 0.126 e. The van der Waals surface area contributed by atoms with Crippen LogP contribution in [0.5, 0.6) is 0 Å². The summed E-state index contributed by atoms with van der Waals surface area (Å²) in [6.07, 6.45) is 6.03. The molecule has 3 nitrogen and oxygen atoms in total. The lowest BCUT2D eigenvalue weighted by Crippen LogP contribution is -2.21. The fourth-order valence-corrected chi connectivity index (χ4v) is 2.42. The van der Waals surface area contributed by atoms with E-state index in [1.807, 2.05) is 18.3 Å². The zero-order valence-corrected chi connectivity index (χ0v) is 12.3. The second kappa shape index (κ2) is 5.56. The average Bonchev–Trinajstić information content (AvgIpc) is 2.88. The molecule has 1 aromatic carbocycles. The average molecular weight is 283 g/mol. The molecule has 1 aromatic heterocycles. The molecule has 1 aliphatic heterocycles. The summed E-state index contributed by atoms with van der Waals surface area (Å²) >= 11 is 0. The molecule has 0 fully saturated rings. The number of aromatic nitrogens is 1. The summed E-state index contributed by atoms with van der Waals surface area (Å²) in [6.45, 7) is 3.51. The summed E-state index contributed by atoms with van der Waals surface area (Å²) in [5.41, 5.74) is 3.62. The largest absolute Gasteiger partial charge is 0.362 e. The van der Waals surface area contributed by atoms with Crippen LogP contribution in [0.2, 0.25) is 0 Å². The highest BCUT2D eigenvalue weighted by Crippen LogP contribution is 2.20. The fourth-order valence-electron chi connectivity index (χ4n) is 2.42. The Hall–Kier alpha value is -2.36. The van der Waals surface area contributed by atoms with Crippen molar-refractivity contribution in [3.8, 4) is 11.3 Å². The van der Waals surface area contributed by atoms with Crippen LogP contribution in [-0.2, 0) is 6.54 Å². The van der Waals surface area contributed by atoms with Gasteiger partial charge in [-0.25, -0.2) is 4.39 Å². The summed E-state index contributed by atoms with van der Waals surface area (Å²) in [4.78, 5) is 8.84. The summed E-state index contributed by atoms with van der Waals surface area (Å²) in [6, 6.07) is 9.15. The molecule has 0 atom stereocenters. The Morgan fingerprint density at radius 3 is 2.67 bits per heavy atom. The molecule has 108 valence electrons. The number of hydrogen-bond acceptors (Lipinski definition) is 3. The topological polar surface area (TPSA) is 19.4 Å². The van der Waals surface area contributed by atoms with Crippen LogP contribution in [0.25, 0.3) is 11.3 Å². The van der Waals surface area contributed by atoms with Gasteiger partial charge in [0.2, 0.25) is 0 Å². The molecule has 1 aliphatic rings. The van der Waals surface area contributed by atoms with E-state index in [1.54, 1.807) is 13.0 Å². The van der Waals surface area contributed by atoms with Crippen molar-refractivity contribution in [2.45, 2.75) is 13.5 Å². The molecule has 3 rings (SSSR count). The first-order valence-electron chi connectivity index (χ1n) is 6.96. The van der Waals surface area contributed by atoms with Gasteiger partial charge in [-0.3, -0.25) is 4.98 Å². The number of nitrogens with zero attached hydrogens (tertiary/aromatic N) is 3. The zero-order chi connectivity index (χ0) is 14.8. The third-order valence-corrected chi connectivity index (χ3v) is 3.60. The Labute approximate surface area is 124 Å². The molecule has 21 heavy (non-hydrogen) atoms. The van der Waals surface area contributed by atoms with Crippen LogP contribution in [0.15, 0.2) is 48.9 Å². The first kappa shape index (κ1) is 13.6. The van der Waals surface area contributed by atoms with Gasteiger partial charge < -0.3 is 9.80 Å². The van der Waals surface area contributed by atoms with Gasteiger partial charge in [-0.1, -0.05) is 6.07 Å². The second-order valence-corrected chi connectivity index (χ2v) is 5.46. The third kappa shape index (κ3) is 3.05. The molecule has 2 heterocycles. The Bertz CT molecular complexity index is 664. The van der Waals surface area contributed by atoms with Crippen LogP contribution in [0, 0.1) is 12.7 Å². The highest BCUT2D eigenvalue weighted by molar-refractivity contribution is 5.60. The van der Waals surface area contributed by atoms with E-state index in [1.165, 1.54) is 6.07 Å². The van der Waals surface area contributed by atoms with Crippen molar-refractivity contribution in [2.75, 3.05) is 13.7 Å². The van der Waals surface area contributed by atoms with Gasteiger partial charge in [0.05, 0.1) is 12.4 Å². The van der Waals surface area contributed by atoms with Crippen LogP contribution in [0.3, 0.4) is 0 Å². The first-order chi connectivity index (χ1) is 10.1. The number of rotatable bonds is 3. The summed E-state index contributed by atoms with van der Waals surface area (Å²) < 4.78 is 13.3. The predicted octanol–water partition coefficient (Wildman–Crippen LogP) is 3.37. The number of hydrogen-bond donors (Lipinski definition) is 0. The SMILES string of the molecule is Cc1cc(-c2ccc(CN3C=CN(C)C3)cn2)ccc1F. The normalized spacial score (nSPS) is 14.0. The van der Waals surface area contributed by atoms with Crippen LogP contribution >= 0.6 is 0 Å². The zero-order valence-electron chi connectivity index (χ0n) is 12.3. The van der Waals surface area contributed by atoms with Gasteiger partial charge in [0.1, 0.15) is 5.82 Å². The monoisotopic (exact) mass is 283 g/mol. The molecule has 2 aromatic rings. The Kier molecular flexibility index (Phi) is 3.60. The van der Waals surface area contributed by atoms with Crippen molar-refractivity contribution in [1.82, 2.24) is 14.8 Å². The molecule has 0 unspecified atom stereocenters. The Morgan fingerprint density at radius 2 is 2.05 bits per heavy atom. The molecule has 0 saturated heterocycles. The molecule has 0 N–H and O–H groups in total. The lowest BCUT2D eigenvalue weighted by molar-refractivity contribution is 0.290. The molecule has 0 radical (unpaired) electrons. The van der Waals surface area contributed by atoms with E-state index in [-0.39, 0.29) is 5.82 Å².